The van der Waals surface area contributed by atoms with Gasteiger partial charge < -0.3 is 10.7 Å². The van der Waals surface area contributed by atoms with Crippen LogP contribution in [0.15, 0.2) is 30.3 Å². The van der Waals surface area contributed by atoms with Crippen LogP contribution in [0.25, 0.3) is 0 Å². The van der Waals surface area contributed by atoms with Crippen LogP contribution in [0, 0.1) is 6.92 Å². The summed E-state index contributed by atoms with van der Waals surface area (Å²) in [5.74, 6) is 7.37. The number of aromatic nitrogens is 2. The topological polar surface area (TPSA) is 75.9 Å². The molecule has 0 bridgehead atoms. The van der Waals surface area contributed by atoms with Crippen molar-refractivity contribution in [1.29, 1.82) is 0 Å². The zero-order chi connectivity index (χ0) is 13.7. The maximum atomic E-state index is 5.84. The largest absolute Gasteiger partial charge is 0.370 e. The maximum Gasteiger partial charge on any atom is 0.145 e. The SMILES string of the molecule is Cc1nc(NN)cc(NCCc2ccc(Cl)cc2)n1. The van der Waals surface area contributed by atoms with E-state index in [2.05, 4.69) is 20.7 Å². The van der Waals surface area contributed by atoms with Gasteiger partial charge in [0, 0.05) is 17.6 Å². The summed E-state index contributed by atoms with van der Waals surface area (Å²) in [4.78, 5) is 8.41. The molecule has 0 aliphatic carbocycles. The molecule has 19 heavy (non-hydrogen) atoms. The van der Waals surface area contributed by atoms with E-state index in [0.717, 1.165) is 23.8 Å². The van der Waals surface area contributed by atoms with Gasteiger partial charge in [-0.1, -0.05) is 23.7 Å². The smallest absolute Gasteiger partial charge is 0.145 e. The lowest BCUT2D eigenvalue weighted by molar-refractivity contribution is 0.980. The molecule has 0 aliphatic heterocycles. The molecule has 0 spiro atoms. The van der Waals surface area contributed by atoms with Gasteiger partial charge in [0.2, 0.25) is 0 Å². The monoisotopic (exact) mass is 277 g/mol. The molecule has 0 atom stereocenters. The van der Waals surface area contributed by atoms with Gasteiger partial charge in [-0.15, -0.1) is 0 Å². The summed E-state index contributed by atoms with van der Waals surface area (Å²) in [6.45, 7) is 2.60. The molecule has 6 heteroatoms. The number of hydrazine groups is 1. The average Bonchev–Trinajstić information content (AvgIpc) is 2.40. The second-order valence-corrected chi connectivity index (χ2v) is 4.57. The average molecular weight is 278 g/mol. The van der Waals surface area contributed by atoms with Gasteiger partial charge in [0.25, 0.3) is 0 Å². The molecular formula is C13H16ClN5. The first-order valence-corrected chi connectivity index (χ1v) is 6.36. The summed E-state index contributed by atoms with van der Waals surface area (Å²) in [6.07, 6.45) is 0.894. The van der Waals surface area contributed by atoms with E-state index in [1.165, 1.54) is 5.56 Å². The Labute approximate surface area is 117 Å². The molecule has 0 radical (unpaired) electrons. The molecule has 5 nitrogen and oxygen atoms in total. The molecule has 1 aromatic carbocycles. The molecule has 0 unspecified atom stereocenters. The third kappa shape index (κ3) is 4.08. The summed E-state index contributed by atoms with van der Waals surface area (Å²) < 4.78 is 0. The Morgan fingerprint density at radius 1 is 1.16 bits per heavy atom. The fourth-order valence-electron chi connectivity index (χ4n) is 1.72. The van der Waals surface area contributed by atoms with Gasteiger partial charge in [-0.25, -0.2) is 15.8 Å². The normalized spacial score (nSPS) is 10.3. The number of nitrogens with two attached hydrogens (primary N) is 1. The number of nitrogen functional groups attached to an aromatic ring is 1. The van der Waals surface area contributed by atoms with Crippen molar-refractivity contribution in [1.82, 2.24) is 9.97 Å². The quantitative estimate of drug-likeness (QED) is 0.578. The van der Waals surface area contributed by atoms with Crippen LogP contribution >= 0.6 is 11.6 Å². The van der Waals surface area contributed by atoms with Gasteiger partial charge in [-0.05, 0) is 31.0 Å². The Morgan fingerprint density at radius 3 is 2.53 bits per heavy atom. The third-order valence-electron chi connectivity index (χ3n) is 2.62. The second-order valence-electron chi connectivity index (χ2n) is 4.13. The van der Waals surface area contributed by atoms with Gasteiger partial charge in [0.1, 0.15) is 17.5 Å². The van der Waals surface area contributed by atoms with Gasteiger partial charge >= 0.3 is 0 Å². The van der Waals surface area contributed by atoms with Crippen molar-refractivity contribution in [3.05, 3.63) is 46.7 Å². The zero-order valence-electron chi connectivity index (χ0n) is 10.7. The van der Waals surface area contributed by atoms with Crippen LogP contribution in [0.4, 0.5) is 11.6 Å². The van der Waals surface area contributed by atoms with Crippen LogP contribution in [0.2, 0.25) is 5.02 Å². The lowest BCUT2D eigenvalue weighted by atomic mass is 10.1. The number of hydrogen-bond donors (Lipinski definition) is 3. The minimum absolute atomic E-state index is 0.599. The van der Waals surface area contributed by atoms with Crippen LogP contribution in [-0.4, -0.2) is 16.5 Å². The van der Waals surface area contributed by atoms with Gasteiger partial charge in [0.05, 0.1) is 0 Å². The van der Waals surface area contributed by atoms with E-state index in [-0.39, 0.29) is 0 Å². The van der Waals surface area contributed by atoms with E-state index < -0.39 is 0 Å². The molecule has 2 aromatic rings. The van der Waals surface area contributed by atoms with Crippen molar-refractivity contribution in [3.8, 4) is 0 Å². The van der Waals surface area contributed by atoms with Crippen molar-refractivity contribution in [3.63, 3.8) is 0 Å². The molecule has 4 N–H and O–H groups in total. The van der Waals surface area contributed by atoms with Crippen LogP contribution < -0.4 is 16.6 Å². The number of rotatable bonds is 5. The molecule has 100 valence electrons. The highest BCUT2D eigenvalue weighted by molar-refractivity contribution is 6.30. The van der Waals surface area contributed by atoms with Crippen LogP contribution in [0.3, 0.4) is 0 Å². The molecule has 2 rings (SSSR count). The van der Waals surface area contributed by atoms with Crippen molar-refractivity contribution >= 4 is 23.2 Å². The minimum atomic E-state index is 0.599. The standard InChI is InChI=1S/C13H16ClN5/c1-9-17-12(8-13(18-9)19-15)16-7-6-10-2-4-11(14)5-3-10/h2-5,8H,6-7,15H2,1H3,(H2,16,17,18,19). The predicted octanol–water partition coefficient (Wildman–Crippen LogP) is 2.38. The summed E-state index contributed by atoms with van der Waals surface area (Å²) in [5.41, 5.74) is 3.74. The van der Waals surface area contributed by atoms with Crippen molar-refractivity contribution in [2.24, 2.45) is 5.84 Å². The number of halogens is 1. The van der Waals surface area contributed by atoms with E-state index in [0.29, 0.717) is 11.6 Å². The zero-order valence-corrected chi connectivity index (χ0v) is 11.4. The lowest BCUT2D eigenvalue weighted by Gasteiger charge is -2.08. The Hall–Kier alpha value is -1.85. The lowest BCUT2D eigenvalue weighted by Crippen LogP contribution is -2.12. The van der Waals surface area contributed by atoms with Crippen molar-refractivity contribution < 1.29 is 0 Å². The number of nitrogens with one attached hydrogen (secondary N) is 2. The Balaban J connectivity index is 1.92. The molecule has 0 fully saturated rings. The van der Waals surface area contributed by atoms with Crippen LogP contribution in [0.1, 0.15) is 11.4 Å². The summed E-state index contributed by atoms with van der Waals surface area (Å²) in [5, 5.41) is 4.00. The second kappa shape index (κ2) is 6.36. The molecule has 0 saturated carbocycles. The first-order chi connectivity index (χ1) is 9.17. The molecule has 0 saturated heterocycles. The van der Waals surface area contributed by atoms with Crippen LogP contribution in [0.5, 0.6) is 0 Å². The molecule has 1 aromatic heterocycles. The minimum Gasteiger partial charge on any atom is -0.370 e. The van der Waals surface area contributed by atoms with E-state index in [1.54, 1.807) is 6.07 Å². The molecule has 0 amide bonds. The van der Waals surface area contributed by atoms with Crippen molar-refractivity contribution in [2.45, 2.75) is 13.3 Å². The molecule has 1 heterocycles. The third-order valence-corrected chi connectivity index (χ3v) is 2.87. The van der Waals surface area contributed by atoms with E-state index >= 15 is 0 Å². The number of nitrogens with zero attached hydrogens (tertiary/aromatic N) is 2. The fourth-order valence-corrected chi connectivity index (χ4v) is 1.84. The summed E-state index contributed by atoms with van der Waals surface area (Å²) in [6, 6.07) is 9.59. The number of hydrogen-bond acceptors (Lipinski definition) is 5. The first kappa shape index (κ1) is 13.6. The number of aryl methyl sites for hydroxylation is 1. The van der Waals surface area contributed by atoms with E-state index in [9.17, 15) is 0 Å². The summed E-state index contributed by atoms with van der Waals surface area (Å²) >= 11 is 5.84. The maximum absolute atomic E-state index is 5.84. The van der Waals surface area contributed by atoms with E-state index in [1.807, 2.05) is 31.2 Å². The highest BCUT2D eigenvalue weighted by Gasteiger charge is 2.00. The van der Waals surface area contributed by atoms with E-state index in [4.69, 9.17) is 17.4 Å². The Kier molecular flexibility index (Phi) is 4.54. The molecular weight excluding hydrogens is 262 g/mol. The Bertz CT molecular complexity index is 541. The number of benzene rings is 1. The highest BCUT2D eigenvalue weighted by atomic mass is 35.5. The van der Waals surface area contributed by atoms with Gasteiger partial charge in [-0.3, -0.25) is 0 Å². The van der Waals surface area contributed by atoms with Crippen LogP contribution in [-0.2, 0) is 6.42 Å². The fraction of sp³-hybridized carbons (Fsp3) is 0.231. The first-order valence-electron chi connectivity index (χ1n) is 5.98. The van der Waals surface area contributed by atoms with Crippen molar-refractivity contribution in [2.75, 3.05) is 17.3 Å². The van der Waals surface area contributed by atoms with Gasteiger partial charge in [-0.2, -0.15) is 0 Å². The summed E-state index contributed by atoms with van der Waals surface area (Å²) in [7, 11) is 0. The molecule has 0 aliphatic rings. The number of anilines is 2. The highest BCUT2D eigenvalue weighted by Crippen LogP contribution is 2.12. The Morgan fingerprint density at radius 2 is 1.84 bits per heavy atom. The van der Waals surface area contributed by atoms with Gasteiger partial charge in [0.15, 0.2) is 0 Å². The predicted molar refractivity (Wildman–Crippen MR) is 78.2 cm³/mol.